The number of unbranched alkanes of at least 4 members (excludes halogenated alkanes) is 4. The van der Waals surface area contributed by atoms with Crippen LogP contribution in [-0.2, 0) is 32.3 Å². The van der Waals surface area contributed by atoms with Gasteiger partial charge in [-0.15, -0.1) is 0 Å². The van der Waals surface area contributed by atoms with Crippen LogP contribution in [0.4, 0.5) is 15.8 Å². The van der Waals surface area contributed by atoms with Crippen LogP contribution in [0.2, 0.25) is 0 Å². The Bertz CT molecular complexity index is 933. The van der Waals surface area contributed by atoms with Gasteiger partial charge in [-0.3, -0.25) is 9.59 Å². The summed E-state index contributed by atoms with van der Waals surface area (Å²) in [5, 5.41) is 3.02. The molecule has 0 spiro atoms. The molecule has 35 heavy (non-hydrogen) atoms. The third-order valence-corrected chi connectivity index (χ3v) is 5.52. The van der Waals surface area contributed by atoms with Crippen molar-refractivity contribution >= 4 is 23.3 Å². The van der Waals surface area contributed by atoms with Crippen LogP contribution in [0, 0.1) is 5.82 Å². The van der Waals surface area contributed by atoms with E-state index in [1.807, 2.05) is 50.2 Å². The second kappa shape index (κ2) is 15.9. The monoisotopic (exact) mass is 486 g/mol. The van der Waals surface area contributed by atoms with Crippen LogP contribution >= 0.6 is 0 Å². The largest absolute Gasteiger partial charge is 0.461 e. The highest BCUT2D eigenvalue weighted by Crippen LogP contribution is 2.26. The molecular weight excluding hydrogens is 447 g/mol. The first-order valence-corrected chi connectivity index (χ1v) is 12.5. The maximum Gasteiger partial charge on any atom is 0.306 e. The van der Waals surface area contributed by atoms with Crippen molar-refractivity contribution in [2.75, 3.05) is 30.9 Å². The molecule has 0 heterocycles. The van der Waals surface area contributed by atoms with Crippen molar-refractivity contribution in [3.05, 3.63) is 59.4 Å². The summed E-state index contributed by atoms with van der Waals surface area (Å²) < 4.78 is 24.0. The van der Waals surface area contributed by atoms with Crippen molar-refractivity contribution in [3.63, 3.8) is 0 Å². The second-order valence-corrected chi connectivity index (χ2v) is 8.91. The van der Waals surface area contributed by atoms with Crippen LogP contribution in [-0.4, -0.2) is 32.6 Å². The Kier molecular flexibility index (Phi) is 12.8. The molecule has 7 heteroatoms. The third kappa shape index (κ3) is 11.4. The minimum atomic E-state index is -0.242. The molecule has 0 aliphatic rings. The first kappa shape index (κ1) is 28.3. The van der Waals surface area contributed by atoms with Gasteiger partial charge in [0.2, 0.25) is 5.91 Å². The van der Waals surface area contributed by atoms with Gasteiger partial charge in [0.25, 0.3) is 0 Å². The van der Waals surface area contributed by atoms with Gasteiger partial charge in [-0.25, -0.2) is 4.39 Å². The molecular formula is C28H39FN2O4. The highest BCUT2D eigenvalue weighted by atomic mass is 19.1. The summed E-state index contributed by atoms with van der Waals surface area (Å²) in [4.78, 5) is 26.1. The standard InChI is InChI=1S/C28H39FN2O4/c1-4-11-28(33)35-21-23-15-16-26(31(2)3)25(19-23)30-27(32)14-8-6-5-7-9-17-34-20-22-12-10-13-24(29)18-22/h10,12-13,15-16,18-19H,4-9,11,14,17,20-21H2,1-3H3,(H,30,32). The molecule has 6 nitrogen and oxygen atoms in total. The van der Waals surface area contributed by atoms with Gasteiger partial charge in [0.15, 0.2) is 0 Å². The molecule has 2 aromatic carbocycles. The van der Waals surface area contributed by atoms with Crippen LogP contribution < -0.4 is 10.2 Å². The van der Waals surface area contributed by atoms with Gasteiger partial charge in [0.1, 0.15) is 12.4 Å². The number of amides is 1. The fraction of sp³-hybridized carbons (Fsp3) is 0.500. The van der Waals surface area contributed by atoms with E-state index in [0.29, 0.717) is 26.1 Å². The van der Waals surface area contributed by atoms with Gasteiger partial charge in [0.05, 0.1) is 18.0 Å². The van der Waals surface area contributed by atoms with E-state index in [2.05, 4.69) is 5.32 Å². The van der Waals surface area contributed by atoms with Crippen molar-refractivity contribution in [1.82, 2.24) is 0 Å². The zero-order chi connectivity index (χ0) is 25.5. The number of ether oxygens (including phenoxy) is 2. The lowest BCUT2D eigenvalue weighted by molar-refractivity contribution is -0.145. The highest BCUT2D eigenvalue weighted by molar-refractivity contribution is 5.94. The molecule has 0 aliphatic heterocycles. The predicted molar refractivity (Wildman–Crippen MR) is 138 cm³/mol. The van der Waals surface area contributed by atoms with E-state index in [4.69, 9.17) is 9.47 Å². The lowest BCUT2D eigenvalue weighted by atomic mass is 10.1. The minimum absolute atomic E-state index is 0.0216. The minimum Gasteiger partial charge on any atom is -0.461 e. The molecule has 0 aromatic heterocycles. The summed E-state index contributed by atoms with van der Waals surface area (Å²) in [6.45, 7) is 3.21. The number of esters is 1. The Morgan fingerprint density at radius 1 is 0.914 bits per heavy atom. The summed E-state index contributed by atoms with van der Waals surface area (Å²) in [7, 11) is 3.85. The third-order valence-electron chi connectivity index (χ3n) is 5.52. The summed E-state index contributed by atoms with van der Waals surface area (Å²) >= 11 is 0. The van der Waals surface area contributed by atoms with Crippen molar-refractivity contribution in [3.8, 4) is 0 Å². The molecule has 0 saturated heterocycles. The number of anilines is 2. The summed E-state index contributed by atoms with van der Waals surface area (Å²) in [6.07, 6.45) is 6.44. The average molecular weight is 487 g/mol. The average Bonchev–Trinajstić information content (AvgIpc) is 2.82. The van der Waals surface area contributed by atoms with E-state index >= 15 is 0 Å². The molecule has 1 N–H and O–H groups in total. The van der Waals surface area contributed by atoms with E-state index in [1.165, 1.54) is 12.1 Å². The number of nitrogens with zero attached hydrogens (tertiary/aromatic N) is 1. The van der Waals surface area contributed by atoms with E-state index in [-0.39, 0.29) is 24.3 Å². The predicted octanol–water partition coefficient (Wildman–Crippen LogP) is 6.23. The second-order valence-electron chi connectivity index (χ2n) is 8.91. The van der Waals surface area contributed by atoms with Gasteiger partial charge in [-0.1, -0.05) is 44.4 Å². The fourth-order valence-corrected chi connectivity index (χ4v) is 3.65. The quantitative estimate of drug-likeness (QED) is 0.225. The Balaban J connectivity index is 1.65. The van der Waals surface area contributed by atoms with Gasteiger partial charge in [-0.2, -0.15) is 0 Å². The van der Waals surface area contributed by atoms with E-state index in [9.17, 15) is 14.0 Å². The summed E-state index contributed by atoms with van der Waals surface area (Å²) in [5.74, 6) is -0.478. The Morgan fingerprint density at radius 3 is 2.40 bits per heavy atom. The maximum atomic E-state index is 13.1. The molecule has 2 aromatic rings. The molecule has 192 valence electrons. The number of carbonyl (C=O) groups is 2. The topological polar surface area (TPSA) is 67.9 Å². The Hall–Kier alpha value is -2.93. The smallest absolute Gasteiger partial charge is 0.306 e. The van der Waals surface area contributed by atoms with Gasteiger partial charge in [0, 0.05) is 33.5 Å². The zero-order valence-corrected chi connectivity index (χ0v) is 21.3. The molecule has 0 saturated carbocycles. The van der Waals surface area contributed by atoms with E-state index in [1.54, 1.807) is 6.07 Å². The number of hydrogen-bond acceptors (Lipinski definition) is 5. The van der Waals surface area contributed by atoms with Crippen LogP contribution in [0.5, 0.6) is 0 Å². The lowest BCUT2D eigenvalue weighted by Gasteiger charge is -2.19. The molecule has 0 radical (unpaired) electrons. The van der Waals surface area contributed by atoms with Gasteiger partial charge < -0.3 is 19.7 Å². The molecule has 2 rings (SSSR count). The number of halogens is 1. The Labute approximate surface area is 208 Å². The first-order chi connectivity index (χ1) is 16.9. The number of carbonyl (C=O) groups excluding carboxylic acids is 2. The Morgan fingerprint density at radius 2 is 1.66 bits per heavy atom. The van der Waals surface area contributed by atoms with Crippen LogP contribution in [0.15, 0.2) is 42.5 Å². The lowest BCUT2D eigenvalue weighted by Crippen LogP contribution is -2.17. The van der Waals surface area contributed by atoms with Crippen molar-refractivity contribution < 1.29 is 23.5 Å². The summed E-state index contributed by atoms with van der Waals surface area (Å²) in [5.41, 5.74) is 3.31. The van der Waals surface area contributed by atoms with E-state index < -0.39 is 0 Å². The van der Waals surface area contributed by atoms with Gasteiger partial charge in [-0.05, 0) is 54.7 Å². The molecule has 0 atom stereocenters. The first-order valence-electron chi connectivity index (χ1n) is 12.5. The van der Waals surface area contributed by atoms with Crippen LogP contribution in [0.3, 0.4) is 0 Å². The number of nitrogens with one attached hydrogen (secondary N) is 1. The summed E-state index contributed by atoms with van der Waals surface area (Å²) in [6, 6.07) is 12.2. The van der Waals surface area contributed by atoms with Crippen molar-refractivity contribution in [2.24, 2.45) is 0 Å². The van der Waals surface area contributed by atoms with Gasteiger partial charge >= 0.3 is 5.97 Å². The SMILES string of the molecule is CCCC(=O)OCc1ccc(N(C)C)c(NC(=O)CCCCCCCOCc2cccc(F)c2)c1. The molecule has 0 bridgehead atoms. The highest BCUT2D eigenvalue weighted by Gasteiger charge is 2.11. The molecule has 1 amide bonds. The van der Waals surface area contributed by atoms with Crippen molar-refractivity contribution in [2.45, 2.75) is 71.5 Å². The zero-order valence-electron chi connectivity index (χ0n) is 21.3. The normalized spacial score (nSPS) is 10.7. The molecule has 0 unspecified atom stereocenters. The fourth-order valence-electron chi connectivity index (χ4n) is 3.65. The van der Waals surface area contributed by atoms with Crippen LogP contribution in [0.1, 0.15) is 69.4 Å². The molecule has 0 aliphatic carbocycles. The number of hydrogen-bond donors (Lipinski definition) is 1. The number of rotatable bonds is 16. The molecule has 0 fully saturated rings. The maximum absolute atomic E-state index is 13.1. The van der Waals surface area contributed by atoms with E-state index in [0.717, 1.165) is 61.0 Å². The van der Waals surface area contributed by atoms with Crippen molar-refractivity contribution in [1.29, 1.82) is 0 Å². The van der Waals surface area contributed by atoms with Crippen LogP contribution in [0.25, 0.3) is 0 Å². The number of benzene rings is 2.